The van der Waals surface area contributed by atoms with E-state index in [1.807, 2.05) is 18.2 Å². The van der Waals surface area contributed by atoms with Crippen LogP contribution in [0.3, 0.4) is 0 Å². The van der Waals surface area contributed by atoms with Gasteiger partial charge in [0.05, 0.1) is 26.4 Å². The number of carbonyl (C=O) groups excluding carboxylic acids is 2. The Balaban J connectivity index is 1.89. The molecule has 1 amide bonds. The highest BCUT2D eigenvalue weighted by Crippen LogP contribution is 2.28. The second kappa shape index (κ2) is 11.8. The van der Waals surface area contributed by atoms with Gasteiger partial charge in [0.1, 0.15) is 0 Å². The number of hydrogen-bond donors (Lipinski definition) is 2. The fourth-order valence-corrected chi connectivity index (χ4v) is 2.71. The quantitative estimate of drug-likeness (QED) is 0.358. The lowest BCUT2D eigenvalue weighted by atomic mass is 10.1. The van der Waals surface area contributed by atoms with E-state index in [2.05, 4.69) is 22.3 Å². The molecule has 0 fully saturated rings. The topological polar surface area (TPSA) is 85.9 Å². The van der Waals surface area contributed by atoms with Gasteiger partial charge < -0.3 is 19.5 Å². The number of hydrogen-bond acceptors (Lipinski definition) is 6. The minimum Gasteiger partial charge on any atom is -0.493 e. The van der Waals surface area contributed by atoms with E-state index in [0.717, 1.165) is 18.4 Å². The molecular formula is C22H26N2O5S. The van der Waals surface area contributed by atoms with E-state index in [0.29, 0.717) is 35.8 Å². The van der Waals surface area contributed by atoms with Crippen molar-refractivity contribution in [2.75, 3.05) is 20.8 Å². The molecule has 0 aromatic heterocycles. The minimum absolute atomic E-state index is 0.194. The van der Waals surface area contributed by atoms with Crippen molar-refractivity contribution in [3.05, 3.63) is 59.2 Å². The minimum atomic E-state index is -0.462. The van der Waals surface area contributed by atoms with Crippen molar-refractivity contribution in [1.82, 2.24) is 10.6 Å². The zero-order valence-electron chi connectivity index (χ0n) is 17.3. The van der Waals surface area contributed by atoms with Crippen LogP contribution in [0.5, 0.6) is 11.5 Å². The van der Waals surface area contributed by atoms with E-state index >= 15 is 0 Å². The van der Waals surface area contributed by atoms with Crippen LogP contribution in [0.4, 0.5) is 0 Å². The first-order valence-corrected chi connectivity index (χ1v) is 9.96. The Bertz CT molecular complexity index is 884. The standard InChI is InChI=1S/C22H26N2O5S/c1-4-5-12-29-18-11-6-15(13-19(18)27-2)14-23-22(30)24-20(25)16-7-9-17(10-8-16)21(26)28-3/h6-11,13H,4-5,12,14H2,1-3H3,(H2,23,24,25,30). The zero-order chi connectivity index (χ0) is 21.9. The van der Waals surface area contributed by atoms with Gasteiger partial charge in [0.2, 0.25) is 0 Å². The van der Waals surface area contributed by atoms with Crippen LogP contribution < -0.4 is 20.1 Å². The Morgan fingerprint density at radius 3 is 2.33 bits per heavy atom. The maximum absolute atomic E-state index is 12.3. The SMILES string of the molecule is CCCCOc1ccc(CNC(=S)NC(=O)c2ccc(C(=O)OC)cc2)cc1OC. The molecule has 2 aromatic carbocycles. The van der Waals surface area contributed by atoms with Gasteiger partial charge in [-0.25, -0.2) is 4.79 Å². The second-order valence-electron chi connectivity index (χ2n) is 6.39. The fourth-order valence-electron chi connectivity index (χ4n) is 2.55. The molecule has 0 aliphatic carbocycles. The van der Waals surface area contributed by atoms with Crippen molar-refractivity contribution in [2.24, 2.45) is 0 Å². The molecule has 0 radical (unpaired) electrons. The number of rotatable bonds is 9. The first-order chi connectivity index (χ1) is 14.5. The summed E-state index contributed by atoms with van der Waals surface area (Å²) < 4.78 is 15.8. The van der Waals surface area contributed by atoms with Crippen molar-refractivity contribution >= 4 is 29.2 Å². The Morgan fingerprint density at radius 1 is 1.00 bits per heavy atom. The molecule has 30 heavy (non-hydrogen) atoms. The number of benzene rings is 2. The van der Waals surface area contributed by atoms with Crippen LogP contribution in [0.15, 0.2) is 42.5 Å². The lowest BCUT2D eigenvalue weighted by Crippen LogP contribution is -2.38. The highest BCUT2D eigenvalue weighted by atomic mass is 32.1. The number of unbranched alkanes of at least 4 members (excludes halogenated alkanes) is 1. The molecule has 160 valence electrons. The van der Waals surface area contributed by atoms with Crippen molar-refractivity contribution < 1.29 is 23.8 Å². The molecule has 7 nitrogen and oxygen atoms in total. The molecule has 2 rings (SSSR count). The number of carbonyl (C=O) groups is 2. The molecule has 0 saturated carbocycles. The molecule has 0 aliphatic rings. The van der Waals surface area contributed by atoms with E-state index in [9.17, 15) is 9.59 Å². The molecule has 2 aromatic rings. The van der Waals surface area contributed by atoms with Gasteiger partial charge in [-0.15, -0.1) is 0 Å². The number of esters is 1. The van der Waals surface area contributed by atoms with Crippen molar-refractivity contribution in [1.29, 1.82) is 0 Å². The molecule has 0 bridgehead atoms. The first-order valence-electron chi connectivity index (χ1n) is 9.55. The average molecular weight is 431 g/mol. The lowest BCUT2D eigenvalue weighted by Gasteiger charge is -2.13. The van der Waals surface area contributed by atoms with Crippen LogP contribution in [-0.4, -0.2) is 37.8 Å². The normalized spacial score (nSPS) is 10.1. The molecular weight excluding hydrogens is 404 g/mol. The lowest BCUT2D eigenvalue weighted by molar-refractivity contribution is 0.0600. The van der Waals surface area contributed by atoms with Gasteiger partial charge in [0.15, 0.2) is 16.6 Å². The molecule has 0 unspecified atom stereocenters. The molecule has 0 spiro atoms. The molecule has 2 N–H and O–H groups in total. The van der Waals surface area contributed by atoms with Crippen molar-refractivity contribution in [3.63, 3.8) is 0 Å². The summed E-state index contributed by atoms with van der Waals surface area (Å²) in [5.41, 5.74) is 1.67. The van der Waals surface area contributed by atoms with E-state index in [4.69, 9.17) is 21.7 Å². The maximum Gasteiger partial charge on any atom is 0.337 e. The summed E-state index contributed by atoms with van der Waals surface area (Å²) in [7, 11) is 2.89. The van der Waals surface area contributed by atoms with Gasteiger partial charge >= 0.3 is 5.97 Å². The van der Waals surface area contributed by atoms with Crippen molar-refractivity contribution in [3.8, 4) is 11.5 Å². The van der Waals surface area contributed by atoms with E-state index in [1.54, 1.807) is 7.11 Å². The third-order valence-electron chi connectivity index (χ3n) is 4.23. The van der Waals surface area contributed by atoms with Gasteiger partial charge in [-0.2, -0.15) is 0 Å². The molecule has 0 atom stereocenters. The van der Waals surface area contributed by atoms with Crippen LogP contribution in [0.25, 0.3) is 0 Å². The Labute approximate surface area is 181 Å². The number of methoxy groups -OCH3 is 2. The van der Waals surface area contributed by atoms with Gasteiger partial charge in [-0.3, -0.25) is 10.1 Å². The second-order valence-corrected chi connectivity index (χ2v) is 6.80. The zero-order valence-corrected chi connectivity index (χ0v) is 18.1. The predicted molar refractivity (Wildman–Crippen MR) is 118 cm³/mol. The summed E-state index contributed by atoms with van der Waals surface area (Å²) in [5.74, 6) is 0.504. The third-order valence-corrected chi connectivity index (χ3v) is 4.48. The monoisotopic (exact) mass is 430 g/mol. The Kier molecular flexibility index (Phi) is 9.08. The molecule has 0 aliphatic heterocycles. The molecule has 8 heteroatoms. The third kappa shape index (κ3) is 6.73. The van der Waals surface area contributed by atoms with Crippen LogP contribution in [-0.2, 0) is 11.3 Å². The summed E-state index contributed by atoms with van der Waals surface area (Å²) in [4.78, 5) is 23.8. The molecule has 0 heterocycles. The van der Waals surface area contributed by atoms with E-state index in [1.165, 1.54) is 31.4 Å². The first kappa shape index (κ1) is 23.2. The van der Waals surface area contributed by atoms with Gasteiger partial charge in [0.25, 0.3) is 5.91 Å². The highest BCUT2D eigenvalue weighted by Gasteiger charge is 2.11. The summed E-state index contributed by atoms with van der Waals surface area (Å²) in [6, 6.07) is 11.7. The van der Waals surface area contributed by atoms with Gasteiger partial charge in [0, 0.05) is 12.1 Å². The largest absolute Gasteiger partial charge is 0.493 e. The molecule has 0 saturated heterocycles. The number of ether oxygens (including phenoxy) is 3. The van der Waals surface area contributed by atoms with Crippen LogP contribution >= 0.6 is 12.2 Å². The summed E-state index contributed by atoms with van der Waals surface area (Å²) in [5, 5.41) is 5.80. The van der Waals surface area contributed by atoms with Gasteiger partial charge in [-0.05, 0) is 60.6 Å². The summed E-state index contributed by atoms with van der Waals surface area (Å²) in [6.45, 7) is 3.15. The van der Waals surface area contributed by atoms with Crippen LogP contribution in [0.1, 0.15) is 46.0 Å². The Hall–Kier alpha value is -3.13. The van der Waals surface area contributed by atoms with E-state index in [-0.39, 0.29) is 11.0 Å². The van der Waals surface area contributed by atoms with Crippen LogP contribution in [0, 0.1) is 0 Å². The predicted octanol–water partition coefficient (Wildman–Crippen LogP) is 3.47. The number of nitrogens with one attached hydrogen (secondary N) is 2. The number of thiocarbonyl (C=S) groups is 1. The van der Waals surface area contributed by atoms with E-state index < -0.39 is 5.97 Å². The fraction of sp³-hybridized carbons (Fsp3) is 0.318. The highest BCUT2D eigenvalue weighted by molar-refractivity contribution is 7.80. The number of amides is 1. The average Bonchev–Trinajstić information content (AvgIpc) is 2.77. The maximum atomic E-state index is 12.3. The summed E-state index contributed by atoms with van der Waals surface area (Å²) >= 11 is 5.20. The van der Waals surface area contributed by atoms with Crippen LogP contribution in [0.2, 0.25) is 0 Å². The van der Waals surface area contributed by atoms with Gasteiger partial charge in [-0.1, -0.05) is 19.4 Å². The summed E-state index contributed by atoms with van der Waals surface area (Å²) in [6.07, 6.45) is 2.04. The smallest absolute Gasteiger partial charge is 0.337 e. The Morgan fingerprint density at radius 2 is 1.70 bits per heavy atom. The van der Waals surface area contributed by atoms with Crippen molar-refractivity contribution in [2.45, 2.75) is 26.3 Å².